The van der Waals surface area contributed by atoms with Gasteiger partial charge in [0.25, 0.3) is 0 Å². The second-order valence-corrected chi connectivity index (χ2v) is 6.86. The Bertz CT molecular complexity index is 513. The van der Waals surface area contributed by atoms with Crippen molar-refractivity contribution in [3.8, 4) is 0 Å². The van der Waals surface area contributed by atoms with Crippen molar-refractivity contribution in [3.05, 3.63) is 29.8 Å². The van der Waals surface area contributed by atoms with E-state index in [4.69, 9.17) is 14.5 Å². The molecule has 0 aromatic heterocycles. The maximum atomic E-state index is 5.54. The van der Waals surface area contributed by atoms with Gasteiger partial charge in [-0.3, -0.25) is 4.99 Å². The van der Waals surface area contributed by atoms with E-state index in [1.165, 1.54) is 0 Å². The number of rotatable bonds is 4. The zero-order valence-corrected chi connectivity index (χ0v) is 13.4. The molecule has 2 aliphatic rings. The van der Waals surface area contributed by atoms with E-state index in [1.807, 2.05) is 12.1 Å². The first-order chi connectivity index (χ1) is 10.2. The molecule has 1 fully saturated rings. The Morgan fingerprint density at radius 1 is 1.33 bits per heavy atom. The van der Waals surface area contributed by atoms with E-state index in [2.05, 4.69) is 31.3 Å². The summed E-state index contributed by atoms with van der Waals surface area (Å²) in [7, 11) is 0. The first-order valence-electron chi connectivity index (χ1n) is 7.51. The molecular formula is C16H22N2O2S. The van der Waals surface area contributed by atoms with Crippen molar-refractivity contribution in [2.24, 2.45) is 10.9 Å². The minimum atomic E-state index is -0.224. The normalized spacial score (nSPS) is 22.8. The third kappa shape index (κ3) is 3.99. The van der Waals surface area contributed by atoms with Crippen LogP contribution in [0.5, 0.6) is 0 Å². The number of hydrogen-bond donors (Lipinski definition) is 1. The number of ether oxygens (including phenoxy) is 2. The minimum Gasteiger partial charge on any atom is -0.346 e. The fraction of sp³-hybridized carbons (Fsp3) is 0.562. The third-order valence-electron chi connectivity index (χ3n) is 3.49. The van der Waals surface area contributed by atoms with Crippen LogP contribution >= 0.6 is 11.8 Å². The number of amidine groups is 1. The molecule has 2 aliphatic heterocycles. The molecule has 1 N–H and O–H groups in total. The molecule has 1 atom stereocenters. The van der Waals surface area contributed by atoms with Gasteiger partial charge in [-0.25, -0.2) is 0 Å². The molecule has 0 spiro atoms. The van der Waals surface area contributed by atoms with Gasteiger partial charge in [0.05, 0.1) is 19.3 Å². The van der Waals surface area contributed by atoms with Crippen LogP contribution in [-0.4, -0.2) is 30.2 Å². The summed E-state index contributed by atoms with van der Waals surface area (Å²) in [6.07, 6.45) is 0.931. The molecule has 5 heteroatoms. The molecule has 2 heterocycles. The molecule has 1 aromatic carbocycles. The highest BCUT2D eigenvalue weighted by atomic mass is 32.2. The van der Waals surface area contributed by atoms with Crippen LogP contribution in [0.15, 0.2) is 29.3 Å². The molecule has 0 bridgehead atoms. The van der Waals surface area contributed by atoms with Crippen molar-refractivity contribution in [2.75, 3.05) is 24.3 Å². The zero-order chi connectivity index (χ0) is 14.7. The van der Waals surface area contributed by atoms with Crippen LogP contribution in [-0.2, 0) is 9.47 Å². The zero-order valence-electron chi connectivity index (χ0n) is 12.5. The van der Waals surface area contributed by atoms with Gasteiger partial charge in [-0.15, -0.1) is 0 Å². The van der Waals surface area contributed by atoms with E-state index in [0.717, 1.165) is 28.6 Å². The lowest BCUT2D eigenvalue weighted by molar-refractivity contribution is -0.0440. The molecule has 0 amide bonds. The lowest BCUT2D eigenvalue weighted by Gasteiger charge is -2.11. The summed E-state index contributed by atoms with van der Waals surface area (Å²) in [5, 5.41) is 4.43. The Morgan fingerprint density at radius 2 is 2.14 bits per heavy atom. The maximum absolute atomic E-state index is 5.54. The first-order valence-corrected chi connectivity index (χ1v) is 8.50. The molecule has 0 radical (unpaired) electrons. The first kappa shape index (κ1) is 14.9. The Labute approximate surface area is 130 Å². The van der Waals surface area contributed by atoms with E-state index in [9.17, 15) is 0 Å². The number of nitrogens with one attached hydrogen (secondary N) is 1. The maximum Gasteiger partial charge on any atom is 0.184 e. The fourth-order valence-electron chi connectivity index (χ4n) is 2.59. The standard InChI is InChI=1S/C16H22N2O2S/c1-11(2)8-14-10-21-16(18-14)17-13-5-3-4-12(9-13)15-19-6-7-20-15/h3-5,9,11,14-15H,6-8,10H2,1-2H3,(H,17,18). The van der Waals surface area contributed by atoms with Gasteiger partial charge in [-0.1, -0.05) is 37.7 Å². The highest BCUT2D eigenvalue weighted by Gasteiger charge is 2.21. The smallest absolute Gasteiger partial charge is 0.184 e. The van der Waals surface area contributed by atoms with Gasteiger partial charge in [-0.2, -0.15) is 0 Å². The second-order valence-electron chi connectivity index (χ2n) is 5.85. The van der Waals surface area contributed by atoms with Gasteiger partial charge in [0, 0.05) is 17.0 Å². The van der Waals surface area contributed by atoms with Crippen LogP contribution in [0.3, 0.4) is 0 Å². The summed E-state index contributed by atoms with van der Waals surface area (Å²) in [6.45, 7) is 5.83. The van der Waals surface area contributed by atoms with Gasteiger partial charge in [-0.05, 0) is 24.5 Å². The number of aliphatic imine (C=N–C) groups is 1. The molecule has 4 nitrogen and oxygen atoms in total. The fourth-order valence-corrected chi connectivity index (χ4v) is 3.56. The van der Waals surface area contributed by atoms with Crippen LogP contribution in [0, 0.1) is 5.92 Å². The lowest BCUT2D eigenvalue weighted by Crippen LogP contribution is -2.08. The predicted molar refractivity (Wildman–Crippen MR) is 87.8 cm³/mol. The number of hydrogen-bond acceptors (Lipinski definition) is 5. The van der Waals surface area contributed by atoms with Crippen molar-refractivity contribution in [1.82, 2.24) is 0 Å². The molecule has 114 valence electrons. The minimum absolute atomic E-state index is 0.224. The van der Waals surface area contributed by atoms with Crippen LogP contribution in [0.25, 0.3) is 0 Å². The Morgan fingerprint density at radius 3 is 2.90 bits per heavy atom. The van der Waals surface area contributed by atoms with Crippen LogP contribution in [0.1, 0.15) is 32.1 Å². The van der Waals surface area contributed by atoms with Crippen molar-refractivity contribution < 1.29 is 9.47 Å². The highest BCUT2D eigenvalue weighted by Crippen LogP contribution is 2.27. The summed E-state index contributed by atoms with van der Waals surface area (Å²) in [5.41, 5.74) is 2.10. The molecule has 3 rings (SSSR count). The summed E-state index contributed by atoms with van der Waals surface area (Å²) in [6, 6.07) is 8.63. The topological polar surface area (TPSA) is 42.8 Å². The summed E-state index contributed by atoms with van der Waals surface area (Å²) >= 11 is 1.80. The highest BCUT2D eigenvalue weighted by molar-refractivity contribution is 8.14. The monoisotopic (exact) mass is 306 g/mol. The molecule has 0 aliphatic carbocycles. The van der Waals surface area contributed by atoms with E-state index in [0.29, 0.717) is 25.2 Å². The van der Waals surface area contributed by atoms with Crippen LogP contribution in [0.2, 0.25) is 0 Å². The average Bonchev–Trinajstić information content (AvgIpc) is 3.10. The lowest BCUT2D eigenvalue weighted by atomic mass is 10.1. The van der Waals surface area contributed by atoms with Crippen molar-refractivity contribution >= 4 is 22.6 Å². The van der Waals surface area contributed by atoms with Crippen molar-refractivity contribution in [2.45, 2.75) is 32.6 Å². The van der Waals surface area contributed by atoms with Gasteiger partial charge in [0.1, 0.15) is 0 Å². The van der Waals surface area contributed by atoms with E-state index < -0.39 is 0 Å². The molecule has 21 heavy (non-hydrogen) atoms. The SMILES string of the molecule is CC(C)CC1CSC(Nc2cccc(C3OCCO3)c2)=N1. The molecule has 1 saturated heterocycles. The molecule has 0 saturated carbocycles. The second kappa shape index (κ2) is 6.81. The summed E-state index contributed by atoms with van der Waals surface area (Å²) in [4.78, 5) is 4.76. The Kier molecular flexibility index (Phi) is 4.83. The Balaban J connectivity index is 1.64. The van der Waals surface area contributed by atoms with E-state index in [1.54, 1.807) is 11.8 Å². The number of thioether (sulfide) groups is 1. The predicted octanol–water partition coefficient (Wildman–Crippen LogP) is 3.66. The molecule has 1 unspecified atom stereocenters. The number of nitrogens with zero attached hydrogens (tertiary/aromatic N) is 1. The van der Waals surface area contributed by atoms with Gasteiger partial charge in [0.2, 0.25) is 0 Å². The number of anilines is 1. The van der Waals surface area contributed by atoms with Crippen molar-refractivity contribution in [1.29, 1.82) is 0 Å². The largest absolute Gasteiger partial charge is 0.346 e. The quantitative estimate of drug-likeness (QED) is 0.922. The summed E-state index contributed by atoms with van der Waals surface area (Å²) in [5.74, 6) is 1.77. The molecule has 1 aromatic rings. The average molecular weight is 306 g/mol. The van der Waals surface area contributed by atoms with Crippen LogP contribution < -0.4 is 5.32 Å². The summed E-state index contributed by atoms with van der Waals surface area (Å²) < 4.78 is 11.1. The van der Waals surface area contributed by atoms with Crippen molar-refractivity contribution in [3.63, 3.8) is 0 Å². The van der Waals surface area contributed by atoms with Crippen LogP contribution in [0.4, 0.5) is 5.69 Å². The van der Waals surface area contributed by atoms with Gasteiger partial charge in [0.15, 0.2) is 11.5 Å². The molecular weight excluding hydrogens is 284 g/mol. The van der Waals surface area contributed by atoms with Gasteiger partial charge >= 0.3 is 0 Å². The van der Waals surface area contributed by atoms with E-state index in [-0.39, 0.29) is 6.29 Å². The number of benzene rings is 1. The van der Waals surface area contributed by atoms with E-state index >= 15 is 0 Å². The Hall–Kier alpha value is -1.04. The third-order valence-corrected chi connectivity index (χ3v) is 4.52. The van der Waals surface area contributed by atoms with Gasteiger partial charge < -0.3 is 14.8 Å².